The van der Waals surface area contributed by atoms with Gasteiger partial charge in [-0.1, -0.05) is 0 Å². The van der Waals surface area contributed by atoms with Crippen molar-refractivity contribution in [3.05, 3.63) is 66.6 Å². The third kappa shape index (κ3) is 2.69. The molecule has 8 heteroatoms. The predicted molar refractivity (Wildman–Crippen MR) is 85.7 cm³/mol. The van der Waals surface area contributed by atoms with Crippen LogP contribution in [0, 0.1) is 5.82 Å². The summed E-state index contributed by atoms with van der Waals surface area (Å²) in [7, 11) is 0. The second-order valence-corrected chi connectivity index (χ2v) is 5.20. The minimum absolute atomic E-state index is 0.0438. The van der Waals surface area contributed by atoms with Crippen molar-refractivity contribution < 1.29 is 18.3 Å². The summed E-state index contributed by atoms with van der Waals surface area (Å²) in [5.74, 6) is -0.714. The first-order valence-corrected chi connectivity index (χ1v) is 7.26. The molecule has 3 aromatic heterocycles. The van der Waals surface area contributed by atoms with Crippen molar-refractivity contribution in [3.63, 3.8) is 0 Å². The lowest BCUT2D eigenvalue weighted by Gasteiger charge is -2.10. The zero-order chi connectivity index (χ0) is 17.4. The Kier molecular flexibility index (Phi) is 3.42. The van der Waals surface area contributed by atoms with E-state index in [9.17, 15) is 9.18 Å². The summed E-state index contributed by atoms with van der Waals surface area (Å²) in [5, 5.41) is 4.16. The number of oxazole rings is 1. The number of carbonyl (C=O) groups excluding carboxylic acids is 1. The quantitative estimate of drug-likeness (QED) is 0.617. The first-order chi connectivity index (χ1) is 12.1. The van der Waals surface area contributed by atoms with Gasteiger partial charge in [-0.25, -0.2) is 13.9 Å². The zero-order valence-electron chi connectivity index (χ0n) is 12.7. The highest BCUT2D eigenvalue weighted by Gasteiger charge is 2.14. The van der Waals surface area contributed by atoms with Crippen LogP contribution < -0.4 is 10.5 Å². The average Bonchev–Trinajstić information content (AvgIpc) is 3.27. The maximum absolute atomic E-state index is 14.2. The van der Waals surface area contributed by atoms with Crippen molar-refractivity contribution in [2.24, 2.45) is 5.73 Å². The van der Waals surface area contributed by atoms with Crippen LogP contribution in [0.5, 0.6) is 11.5 Å². The van der Waals surface area contributed by atoms with Crippen LogP contribution in [0.4, 0.5) is 4.39 Å². The van der Waals surface area contributed by atoms with Crippen LogP contribution >= 0.6 is 0 Å². The van der Waals surface area contributed by atoms with Crippen molar-refractivity contribution in [1.29, 1.82) is 0 Å². The van der Waals surface area contributed by atoms with Crippen LogP contribution in [-0.2, 0) is 0 Å². The molecule has 0 radical (unpaired) electrons. The highest BCUT2D eigenvalue weighted by Crippen LogP contribution is 2.32. The Morgan fingerprint density at radius 1 is 1.20 bits per heavy atom. The lowest BCUT2D eigenvalue weighted by atomic mass is 10.2. The Balaban J connectivity index is 1.79. The summed E-state index contributed by atoms with van der Waals surface area (Å²) in [6, 6.07) is 7.17. The third-order valence-electron chi connectivity index (χ3n) is 3.59. The molecule has 0 saturated carbocycles. The SMILES string of the molecule is NC(=O)c1ccc(Oc2cc(-c3ncco3)cn3nccc23)c(F)c1. The lowest BCUT2D eigenvalue weighted by molar-refractivity contribution is 0.1000. The summed E-state index contributed by atoms with van der Waals surface area (Å²) >= 11 is 0. The van der Waals surface area contributed by atoms with Gasteiger partial charge in [0.15, 0.2) is 17.3 Å². The topological polar surface area (TPSA) is 95.7 Å². The van der Waals surface area contributed by atoms with Gasteiger partial charge in [0, 0.05) is 11.8 Å². The summed E-state index contributed by atoms with van der Waals surface area (Å²) in [6.45, 7) is 0. The van der Waals surface area contributed by atoms with Crippen LogP contribution in [0.2, 0.25) is 0 Å². The Morgan fingerprint density at radius 2 is 2.08 bits per heavy atom. The van der Waals surface area contributed by atoms with Gasteiger partial charge in [0.05, 0.1) is 18.0 Å². The Bertz CT molecular complexity index is 1070. The van der Waals surface area contributed by atoms with E-state index in [1.54, 1.807) is 29.0 Å². The van der Waals surface area contributed by atoms with E-state index < -0.39 is 11.7 Å². The number of nitrogens with two attached hydrogens (primary N) is 1. The van der Waals surface area contributed by atoms with Gasteiger partial charge in [-0.2, -0.15) is 5.10 Å². The molecule has 0 aliphatic heterocycles. The van der Waals surface area contributed by atoms with Gasteiger partial charge >= 0.3 is 0 Å². The van der Waals surface area contributed by atoms with Gasteiger partial charge in [-0.05, 0) is 30.3 Å². The van der Waals surface area contributed by atoms with Crippen LogP contribution in [0.3, 0.4) is 0 Å². The molecule has 0 aliphatic carbocycles. The molecule has 25 heavy (non-hydrogen) atoms. The zero-order valence-corrected chi connectivity index (χ0v) is 12.7. The third-order valence-corrected chi connectivity index (χ3v) is 3.59. The fraction of sp³-hybridized carbons (Fsp3) is 0. The summed E-state index contributed by atoms with van der Waals surface area (Å²) < 4.78 is 26.8. The molecule has 3 heterocycles. The summed E-state index contributed by atoms with van der Waals surface area (Å²) in [5.41, 5.74) is 6.46. The number of aromatic nitrogens is 3. The van der Waals surface area contributed by atoms with E-state index >= 15 is 0 Å². The predicted octanol–water partition coefficient (Wildman–Crippen LogP) is 3.02. The van der Waals surface area contributed by atoms with Crippen molar-refractivity contribution in [2.75, 3.05) is 0 Å². The first-order valence-electron chi connectivity index (χ1n) is 7.26. The van der Waals surface area contributed by atoms with Gasteiger partial charge in [0.2, 0.25) is 11.8 Å². The van der Waals surface area contributed by atoms with Crippen LogP contribution in [0.25, 0.3) is 17.0 Å². The monoisotopic (exact) mass is 338 g/mol. The molecule has 4 rings (SSSR count). The molecule has 0 spiro atoms. The lowest BCUT2D eigenvalue weighted by Crippen LogP contribution is -2.11. The van der Waals surface area contributed by atoms with Crippen molar-refractivity contribution >= 4 is 11.4 Å². The number of amides is 1. The Hall–Kier alpha value is -3.68. The van der Waals surface area contributed by atoms with Crippen LogP contribution in [-0.4, -0.2) is 20.5 Å². The van der Waals surface area contributed by atoms with Crippen molar-refractivity contribution in [1.82, 2.24) is 14.6 Å². The molecule has 0 atom stereocenters. The average molecular weight is 338 g/mol. The van der Waals surface area contributed by atoms with E-state index in [0.717, 1.165) is 6.07 Å². The van der Waals surface area contributed by atoms with E-state index in [1.807, 2.05) is 0 Å². The smallest absolute Gasteiger partial charge is 0.248 e. The maximum Gasteiger partial charge on any atom is 0.248 e. The van der Waals surface area contributed by atoms with Gasteiger partial charge in [0.25, 0.3) is 0 Å². The maximum atomic E-state index is 14.2. The number of hydrogen-bond donors (Lipinski definition) is 1. The summed E-state index contributed by atoms with van der Waals surface area (Å²) in [4.78, 5) is 15.2. The molecule has 0 bridgehead atoms. The molecule has 124 valence electrons. The minimum atomic E-state index is -0.713. The standard InChI is InChI=1S/C17H11FN4O3/c18-12-7-10(16(19)23)1-2-14(12)25-15-8-11(17-20-5-6-24-17)9-22-13(15)3-4-21-22/h1-9H,(H2,19,23). The molecule has 0 fully saturated rings. The number of ether oxygens (including phenoxy) is 1. The Morgan fingerprint density at radius 3 is 2.80 bits per heavy atom. The van der Waals surface area contributed by atoms with Gasteiger partial charge in [-0.15, -0.1) is 0 Å². The summed E-state index contributed by atoms with van der Waals surface area (Å²) in [6.07, 6.45) is 6.28. The van der Waals surface area contributed by atoms with E-state index in [0.29, 0.717) is 22.7 Å². The number of pyridine rings is 1. The molecule has 1 amide bonds. The van der Waals surface area contributed by atoms with Crippen molar-refractivity contribution in [2.45, 2.75) is 0 Å². The second-order valence-electron chi connectivity index (χ2n) is 5.20. The molecular formula is C17H11FN4O3. The number of carbonyl (C=O) groups is 1. The number of nitrogens with zero attached hydrogens (tertiary/aromatic N) is 3. The van der Waals surface area contributed by atoms with Crippen molar-refractivity contribution in [3.8, 4) is 23.0 Å². The van der Waals surface area contributed by atoms with E-state index in [-0.39, 0.29) is 11.3 Å². The van der Waals surface area contributed by atoms with Gasteiger partial charge in [-0.3, -0.25) is 4.79 Å². The van der Waals surface area contributed by atoms with Crippen LogP contribution in [0.1, 0.15) is 10.4 Å². The van der Waals surface area contributed by atoms with E-state index in [4.69, 9.17) is 14.9 Å². The minimum Gasteiger partial charge on any atom is -0.452 e. The van der Waals surface area contributed by atoms with Gasteiger partial charge < -0.3 is 14.9 Å². The highest BCUT2D eigenvalue weighted by atomic mass is 19.1. The number of rotatable bonds is 4. The molecule has 0 unspecified atom stereocenters. The van der Waals surface area contributed by atoms with E-state index in [2.05, 4.69) is 10.1 Å². The number of fused-ring (bicyclic) bond motifs is 1. The molecule has 0 aliphatic rings. The number of hydrogen-bond acceptors (Lipinski definition) is 5. The normalized spacial score (nSPS) is 10.9. The van der Waals surface area contributed by atoms with Gasteiger partial charge in [0.1, 0.15) is 11.8 Å². The largest absolute Gasteiger partial charge is 0.452 e. The number of benzene rings is 1. The molecule has 4 aromatic rings. The highest BCUT2D eigenvalue weighted by molar-refractivity contribution is 5.92. The number of primary amides is 1. The molecule has 0 saturated heterocycles. The van der Waals surface area contributed by atoms with E-state index in [1.165, 1.54) is 24.6 Å². The second kappa shape index (κ2) is 5.75. The first kappa shape index (κ1) is 14.9. The fourth-order valence-electron chi connectivity index (χ4n) is 2.42. The van der Waals surface area contributed by atoms with Crippen LogP contribution in [0.15, 0.2) is 59.6 Å². The molecule has 7 nitrogen and oxygen atoms in total. The number of halogens is 1. The fourth-order valence-corrected chi connectivity index (χ4v) is 2.42. The molecule has 2 N–H and O–H groups in total. The Labute approximate surface area is 140 Å². The molecule has 1 aromatic carbocycles. The molecular weight excluding hydrogens is 327 g/mol.